The molecule has 0 aliphatic rings. The Labute approximate surface area is 149 Å². The second-order valence-corrected chi connectivity index (χ2v) is 7.99. The first-order valence-electron chi connectivity index (χ1n) is 8.35. The van der Waals surface area contributed by atoms with Gasteiger partial charge in [-0.3, -0.25) is 4.79 Å². The van der Waals surface area contributed by atoms with Gasteiger partial charge in [0.2, 0.25) is 5.91 Å². The van der Waals surface area contributed by atoms with E-state index >= 15 is 0 Å². The Morgan fingerprint density at radius 2 is 1.79 bits per heavy atom. The fourth-order valence-electron chi connectivity index (χ4n) is 2.39. The van der Waals surface area contributed by atoms with E-state index in [0.717, 1.165) is 23.1 Å². The van der Waals surface area contributed by atoms with E-state index in [0.29, 0.717) is 5.92 Å². The molecule has 0 saturated carbocycles. The summed E-state index contributed by atoms with van der Waals surface area (Å²) >= 11 is 1.52. The lowest BCUT2D eigenvalue weighted by Crippen LogP contribution is -2.23. The molecule has 1 amide bonds. The second kappa shape index (κ2) is 7.88. The highest BCUT2D eigenvalue weighted by Gasteiger charge is 2.20. The molecule has 24 heavy (non-hydrogen) atoms. The number of aromatic nitrogens is 2. The van der Waals surface area contributed by atoms with E-state index in [1.165, 1.54) is 23.0 Å². The summed E-state index contributed by atoms with van der Waals surface area (Å²) in [5.41, 5.74) is 4.22. The number of nitrogens with one attached hydrogen (secondary N) is 1. The number of benzene rings is 1. The maximum atomic E-state index is 12.5. The Kier molecular flexibility index (Phi) is 6.10. The first-order chi connectivity index (χ1) is 11.3. The number of hydrogen-bond donors (Lipinski definition) is 1. The van der Waals surface area contributed by atoms with Crippen molar-refractivity contribution in [2.75, 3.05) is 5.32 Å². The molecule has 1 N–H and O–H groups in total. The fraction of sp³-hybridized carbons (Fsp3) is 0.474. The minimum absolute atomic E-state index is 0.00161. The number of carbonyl (C=O) groups excluding carboxylic acids is 1. The Bertz CT molecular complexity index is 704. The van der Waals surface area contributed by atoms with Crippen molar-refractivity contribution < 1.29 is 4.79 Å². The van der Waals surface area contributed by atoms with Gasteiger partial charge in [0.1, 0.15) is 0 Å². The molecular weight excluding hydrogens is 318 g/mol. The Morgan fingerprint density at radius 3 is 2.38 bits per heavy atom. The summed E-state index contributed by atoms with van der Waals surface area (Å²) in [5.74, 6) is 0.534. The number of carbonyl (C=O) groups is 1. The SMILES string of the molecule is Cc1ccc(NC(=O)[C@@H](C)Sc2nc(C)c(C)n2CC(C)C)cc1. The van der Waals surface area contributed by atoms with Crippen molar-refractivity contribution in [2.24, 2.45) is 5.92 Å². The topological polar surface area (TPSA) is 46.9 Å². The van der Waals surface area contributed by atoms with E-state index in [4.69, 9.17) is 0 Å². The molecule has 4 nitrogen and oxygen atoms in total. The second-order valence-electron chi connectivity index (χ2n) is 6.69. The smallest absolute Gasteiger partial charge is 0.237 e. The lowest BCUT2D eigenvalue weighted by molar-refractivity contribution is -0.115. The molecule has 1 atom stereocenters. The molecule has 5 heteroatoms. The van der Waals surface area contributed by atoms with Crippen LogP contribution in [0.25, 0.3) is 0 Å². The summed E-state index contributed by atoms with van der Waals surface area (Å²) < 4.78 is 2.22. The van der Waals surface area contributed by atoms with Crippen LogP contribution in [-0.2, 0) is 11.3 Å². The summed E-state index contributed by atoms with van der Waals surface area (Å²) in [4.78, 5) is 17.1. The molecular formula is C19H27N3OS. The van der Waals surface area contributed by atoms with E-state index in [1.54, 1.807) is 0 Å². The molecule has 130 valence electrons. The monoisotopic (exact) mass is 345 g/mol. The maximum absolute atomic E-state index is 12.5. The maximum Gasteiger partial charge on any atom is 0.237 e. The van der Waals surface area contributed by atoms with Gasteiger partial charge >= 0.3 is 0 Å². The number of anilines is 1. The van der Waals surface area contributed by atoms with Gasteiger partial charge < -0.3 is 9.88 Å². The standard InChI is InChI=1S/C19H27N3OS/c1-12(2)11-22-15(5)14(4)20-19(22)24-16(6)18(23)21-17-9-7-13(3)8-10-17/h7-10,12,16H,11H2,1-6H3,(H,21,23)/t16-/m1/s1. The average Bonchev–Trinajstić information content (AvgIpc) is 2.76. The van der Waals surface area contributed by atoms with Gasteiger partial charge in [0.05, 0.1) is 10.9 Å². The third-order valence-electron chi connectivity index (χ3n) is 3.94. The van der Waals surface area contributed by atoms with Crippen LogP contribution < -0.4 is 5.32 Å². The molecule has 0 aliphatic carbocycles. The Balaban J connectivity index is 2.08. The zero-order valence-electron chi connectivity index (χ0n) is 15.4. The first kappa shape index (κ1) is 18.6. The highest BCUT2D eigenvalue weighted by Crippen LogP contribution is 2.27. The van der Waals surface area contributed by atoms with Crippen LogP contribution in [0.15, 0.2) is 29.4 Å². The lowest BCUT2D eigenvalue weighted by Gasteiger charge is -2.15. The van der Waals surface area contributed by atoms with Crippen LogP contribution in [0.4, 0.5) is 5.69 Å². The van der Waals surface area contributed by atoms with Crippen LogP contribution in [0.1, 0.15) is 37.7 Å². The van der Waals surface area contributed by atoms with Crippen molar-refractivity contribution in [1.82, 2.24) is 9.55 Å². The highest BCUT2D eigenvalue weighted by atomic mass is 32.2. The molecule has 0 aliphatic heterocycles. The van der Waals surface area contributed by atoms with Gasteiger partial charge in [0.25, 0.3) is 0 Å². The number of aryl methyl sites for hydroxylation is 2. The van der Waals surface area contributed by atoms with Crippen molar-refractivity contribution in [3.63, 3.8) is 0 Å². The molecule has 0 unspecified atom stereocenters. The number of rotatable bonds is 6. The summed E-state index contributed by atoms with van der Waals surface area (Å²) in [5, 5.41) is 3.69. The summed E-state index contributed by atoms with van der Waals surface area (Å²) in [6.07, 6.45) is 0. The first-order valence-corrected chi connectivity index (χ1v) is 9.23. The quantitative estimate of drug-likeness (QED) is 0.779. The molecule has 0 bridgehead atoms. The normalized spacial score (nSPS) is 12.5. The minimum atomic E-state index is -0.210. The molecule has 0 saturated heterocycles. The van der Waals surface area contributed by atoms with Crippen LogP contribution in [0.5, 0.6) is 0 Å². The van der Waals surface area contributed by atoms with Crippen molar-refractivity contribution in [1.29, 1.82) is 0 Å². The molecule has 1 heterocycles. The van der Waals surface area contributed by atoms with E-state index in [-0.39, 0.29) is 11.2 Å². The number of imidazole rings is 1. The van der Waals surface area contributed by atoms with Crippen molar-refractivity contribution >= 4 is 23.4 Å². The van der Waals surface area contributed by atoms with E-state index in [9.17, 15) is 4.79 Å². The highest BCUT2D eigenvalue weighted by molar-refractivity contribution is 8.00. The van der Waals surface area contributed by atoms with Gasteiger partial charge in [0, 0.05) is 17.9 Å². The minimum Gasteiger partial charge on any atom is -0.325 e. The van der Waals surface area contributed by atoms with Crippen LogP contribution in [0.3, 0.4) is 0 Å². The van der Waals surface area contributed by atoms with Gasteiger partial charge in [-0.15, -0.1) is 0 Å². The summed E-state index contributed by atoms with van der Waals surface area (Å²) in [6, 6.07) is 7.85. The third-order valence-corrected chi connectivity index (χ3v) is 5.03. The predicted octanol–water partition coefficient (Wildman–Crippen LogP) is 4.58. The van der Waals surface area contributed by atoms with Gasteiger partial charge in [-0.1, -0.05) is 43.3 Å². The fourth-order valence-corrected chi connectivity index (χ4v) is 3.40. The van der Waals surface area contributed by atoms with Gasteiger partial charge in [-0.25, -0.2) is 4.98 Å². The molecule has 0 spiro atoms. The molecule has 0 radical (unpaired) electrons. The largest absolute Gasteiger partial charge is 0.325 e. The molecule has 1 aromatic carbocycles. The van der Waals surface area contributed by atoms with Crippen LogP contribution >= 0.6 is 11.8 Å². The number of amides is 1. The zero-order chi connectivity index (χ0) is 17.9. The van der Waals surface area contributed by atoms with E-state index in [2.05, 4.69) is 35.6 Å². The van der Waals surface area contributed by atoms with Crippen molar-refractivity contribution in [2.45, 2.75) is 58.5 Å². The average molecular weight is 346 g/mol. The summed E-state index contributed by atoms with van der Waals surface area (Å²) in [6.45, 7) is 13.4. The zero-order valence-corrected chi connectivity index (χ0v) is 16.2. The molecule has 0 fully saturated rings. The van der Waals surface area contributed by atoms with Gasteiger partial charge in [-0.2, -0.15) is 0 Å². The molecule has 2 aromatic rings. The van der Waals surface area contributed by atoms with Gasteiger partial charge in [0.15, 0.2) is 5.16 Å². The van der Waals surface area contributed by atoms with E-state index < -0.39 is 0 Å². The Morgan fingerprint density at radius 1 is 1.17 bits per heavy atom. The Hall–Kier alpha value is -1.75. The van der Waals surface area contributed by atoms with Crippen LogP contribution in [0, 0.1) is 26.7 Å². The predicted molar refractivity (Wildman–Crippen MR) is 102 cm³/mol. The number of hydrogen-bond acceptors (Lipinski definition) is 3. The third kappa shape index (κ3) is 4.63. The number of nitrogens with zero attached hydrogens (tertiary/aromatic N) is 2. The lowest BCUT2D eigenvalue weighted by atomic mass is 10.2. The van der Waals surface area contributed by atoms with Crippen molar-refractivity contribution in [3.8, 4) is 0 Å². The van der Waals surface area contributed by atoms with E-state index in [1.807, 2.05) is 45.0 Å². The van der Waals surface area contributed by atoms with Crippen molar-refractivity contribution in [3.05, 3.63) is 41.2 Å². The van der Waals surface area contributed by atoms with Gasteiger partial charge in [-0.05, 0) is 45.7 Å². The van der Waals surface area contributed by atoms with Crippen LogP contribution in [-0.4, -0.2) is 20.7 Å². The number of thioether (sulfide) groups is 1. The van der Waals surface area contributed by atoms with Crippen LogP contribution in [0.2, 0.25) is 0 Å². The molecule has 2 rings (SSSR count). The molecule has 1 aromatic heterocycles. The summed E-state index contributed by atoms with van der Waals surface area (Å²) in [7, 11) is 0.